The Kier molecular flexibility index (Phi) is 3.43. The van der Waals surface area contributed by atoms with Crippen LogP contribution >= 0.6 is 0 Å². The molecule has 0 saturated heterocycles. The molecular formula is C13H20N4. The van der Waals surface area contributed by atoms with E-state index in [4.69, 9.17) is 0 Å². The number of hydrogen-bond donors (Lipinski definition) is 1. The lowest BCUT2D eigenvalue weighted by Crippen LogP contribution is -2.32. The lowest BCUT2D eigenvalue weighted by Gasteiger charge is -2.26. The molecule has 0 spiro atoms. The van der Waals surface area contributed by atoms with Crippen LogP contribution in [0.5, 0.6) is 0 Å². The summed E-state index contributed by atoms with van der Waals surface area (Å²) in [5, 5.41) is 7.49. The molecule has 0 aliphatic carbocycles. The molecule has 1 N–H and O–H groups in total. The molecule has 0 aliphatic rings. The zero-order valence-electron chi connectivity index (χ0n) is 10.9. The molecule has 0 saturated carbocycles. The maximum Gasteiger partial charge on any atom is 0.155 e. The molecule has 92 valence electrons. The van der Waals surface area contributed by atoms with Gasteiger partial charge in [0, 0.05) is 29.9 Å². The first kappa shape index (κ1) is 12.0. The van der Waals surface area contributed by atoms with E-state index in [0.29, 0.717) is 17.9 Å². The Morgan fingerprint density at radius 2 is 2.00 bits per heavy atom. The SMILES string of the molecule is CNC(C)C(c1ccn2nccc2n1)C(C)C. The highest BCUT2D eigenvalue weighted by atomic mass is 15.2. The number of rotatable bonds is 4. The summed E-state index contributed by atoms with van der Waals surface area (Å²) in [6.45, 7) is 6.68. The van der Waals surface area contributed by atoms with Crippen molar-refractivity contribution in [3.05, 3.63) is 30.2 Å². The van der Waals surface area contributed by atoms with Crippen LogP contribution in [0.3, 0.4) is 0 Å². The van der Waals surface area contributed by atoms with E-state index in [-0.39, 0.29) is 0 Å². The summed E-state index contributed by atoms with van der Waals surface area (Å²) in [6.07, 6.45) is 3.76. The first-order chi connectivity index (χ1) is 8.13. The summed E-state index contributed by atoms with van der Waals surface area (Å²) >= 11 is 0. The molecule has 4 heteroatoms. The highest BCUT2D eigenvalue weighted by Crippen LogP contribution is 2.26. The van der Waals surface area contributed by atoms with Gasteiger partial charge in [0.05, 0.1) is 6.20 Å². The molecule has 2 heterocycles. The average Bonchev–Trinajstić information content (AvgIpc) is 2.75. The monoisotopic (exact) mass is 232 g/mol. The van der Waals surface area contributed by atoms with E-state index in [1.165, 1.54) is 0 Å². The van der Waals surface area contributed by atoms with Crippen LogP contribution in [0.25, 0.3) is 5.65 Å². The second-order valence-electron chi connectivity index (χ2n) is 4.83. The number of aromatic nitrogens is 3. The standard InChI is InChI=1S/C13H20N4/c1-9(2)13(10(3)14-4)11-6-8-17-12(16-11)5-7-15-17/h5-10,13-14H,1-4H3. The minimum absolute atomic E-state index is 0.410. The van der Waals surface area contributed by atoms with Crippen LogP contribution in [-0.4, -0.2) is 27.7 Å². The Bertz CT molecular complexity index is 489. The van der Waals surface area contributed by atoms with E-state index >= 15 is 0 Å². The van der Waals surface area contributed by atoms with Gasteiger partial charge in [-0.25, -0.2) is 9.50 Å². The van der Waals surface area contributed by atoms with Gasteiger partial charge in [-0.15, -0.1) is 0 Å². The van der Waals surface area contributed by atoms with Gasteiger partial charge in [-0.05, 0) is 26.0 Å². The summed E-state index contributed by atoms with van der Waals surface area (Å²) in [4.78, 5) is 4.69. The van der Waals surface area contributed by atoms with Gasteiger partial charge in [-0.2, -0.15) is 5.10 Å². The zero-order chi connectivity index (χ0) is 12.4. The Morgan fingerprint density at radius 3 is 2.65 bits per heavy atom. The molecule has 2 unspecified atom stereocenters. The zero-order valence-corrected chi connectivity index (χ0v) is 10.9. The lowest BCUT2D eigenvalue weighted by molar-refractivity contribution is 0.388. The van der Waals surface area contributed by atoms with Gasteiger partial charge in [0.1, 0.15) is 0 Å². The van der Waals surface area contributed by atoms with E-state index in [0.717, 1.165) is 11.3 Å². The summed E-state index contributed by atoms with van der Waals surface area (Å²) in [6, 6.07) is 4.41. The van der Waals surface area contributed by atoms with Crippen LogP contribution in [-0.2, 0) is 0 Å². The van der Waals surface area contributed by atoms with E-state index < -0.39 is 0 Å². The summed E-state index contributed by atoms with van der Waals surface area (Å²) < 4.78 is 1.80. The van der Waals surface area contributed by atoms with Crippen LogP contribution in [0.4, 0.5) is 0 Å². The van der Waals surface area contributed by atoms with E-state index in [1.807, 2.05) is 19.3 Å². The lowest BCUT2D eigenvalue weighted by atomic mass is 9.86. The van der Waals surface area contributed by atoms with Crippen LogP contribution in [0, 0.1) is 5.92 Å². The van der Waals surface area contributed by atoms with Gasteiger partial charge >= 0.3 is 0 Å². The van der Waals surface area contributed by atoms with E-state index in [2.05, 4.69) is 42.2 Å². The maximum absolute atomic E-state index is 4.69. The van der Waals surface area contributed by atoms with Gasteiger partial charge in [0.15, 0.2) is 5.65 Å². The van der Waals surface area contributed by atoms with Gasteiger partial charge in [-0.1, -0.05) is 13.8 Å². The Hall–Kier alpha value is -1.42. The number of hydrogen-bond acceptors (Lipinski definition) is 3. The first-order valence-corrected chi connectivity index (χ1v) is 6.11. The molecule has 0 amide bonds. The van der Waals surface area contributed by atoms with E-state index in [1.54, 1.807) is 10.7 Å². The quantitative estimate of drug-likeness (QED) is 0.877. The second-order valence-corrected chi connectivity index (χ2v) is 4.83. The smallest absolute Gasteiger partial charge is 0.155 e. The van der Waals surface area contributed by atoms with Gasteiger partial charge in [0.25, 0.3) is 0 Å². The predicted octanol–water partition coefficient (Wildman–Crippen LogP) is 2.08. The van der Waals surface area contributed by atoms with Crippen molar-refractivity contribution in [2.75, 3.05) is 7.05 Å². The molecule has 2 rings (SSSR count). The molecule has 0 bridgehead atoms. The fourth-order valence-electron chi connectivity index (χ4n) is 2.37. The van der Waals surface area contributed by atoms with Crippen molar-refractivity contribution in [2.24, 2.45) is 5.92 Å². The Labute approximate surface area is 102 Å². The predicted molar refractivity (Wildman–Crippen MR) is 69.1 cm³/mol. The number of nitrogens with one attached hydrogen (secondary N) is 1. The topological polar surface area (TPSA) is 42.2 Å². The molecule has 2 aromatic heterocycles. The summed E-state index contributed by atoms with van der Waals surface area (Å²) in [5.41, 5.74) is 2.05. The minimum atomic E-state index is 0.410. The van der Waals surface area contributed by atoms with Crippen LogP contribution in [0.2, 0.25) is 0 Å². The van der Waals surface area contributed by atoms with Crippen molar-refractivity contribution in [1.82, 2.24) is 19.9 Å². The minimum Gasteiger partial charge on any atom is -0.317 e. The molecule has 0 fully saturated rings. The third kappa shape index (κ3) is 2.31. The average molecular weight is 232 g/mol. The highest BCUT2D eigenvalue weighted by Gasteiger charge is 2.23. The molecule has 0 aromatic carbocycles. The van der Waals surface area contributed by atoms with Crippen LogP contribution in [0.15, 0.2) is 24.5 Å². The van der Waals surface area contributed by atoms with Gasteiger partial charge < -0.3 is 5.32 Å². The molecule has 4 nitrogen and oxygen atoms in total. The van der Waals surface area contributed by atoms with Crippen molar-refractivity contribution >= 4 is 5.65 Å². The fourth-order valence-corrected chi connectivity index (χ4v) is 2.37. The van der Waals surface area contributed by atoms with Crippen molar-refractivity contribution in [1.29, 1.82) is 0 Å². The third-order valence-corrected chi connectivity index (χ3v) is 3.33. The molecule has 2 atom stereocenters. The summed E-state index contributed by atoms with van der Waals surface area (Å²) in [7, 11) is 2.00. The Morgan fingerprint density at radius 1 is 1.24 bits per heavy atom. The molecular weight excluding hydrogens is 212 g/mol. The summed E-state index contributed by atoms with van der Waals surface area (Å²) in [5.74, 6) is 0.968. The van der Waals surface area contributed by atoms with Crippen molar-refractivity contribution in [3.63, 3.8) is 0 Å². The van der Waals surface area contributed by atoms with E-state index in [9.17, 15) is 0 Å². The molecule has 0 aliphatic heterocycles. The van der Waals surface area contributed by atoms with Crippen LogP contribution < -0.4 is 5.32 Å². The van der Waals surface area contributed by atoms with Crippen molar-refractivity contribution < 1.29 is 0 Å². The number of likely N-dealkylation sites (N-methyl/N-ethyl adjacent to an activating group) is 1. The molecule has 2 aromatic rings. The Balaban J connectivity index is 2.40. The van der Waals surface area contributed by atoms with Crippen molar-refractivity contribution in [2.45, 2.75) is 32.7 Å². The normalized spacial score (nSPS) is 15.4. The van der Waals surface area contributed by atoms with Crippen molar-refractivity contribution in [3.8, 4) is 0 Å². The maximum atomic E-state index is 4.69. The highest BCUT2D eigenvalue weighted by molar-refractivity contribution is 5.37. The number of fused-ring (bicyclic) bond motifs is 1. The van der Waals surface area contributed by atoms with Gasteiger partial charge in [-0.3, -0.25) is 0 Å². The second kappa shape index (κ2) is 4.84. The van der Waals surface area contributed by atoms with Crippen LogP contribution in [0.1, 0.15) is 32.4 Å². The first-order valence-electron chi connectivity index (χ1n) is 6.11. The number of nitrogens with zero attached hydrogens (tertiary/aromatic N) is 3. The fraction of sp³-hybridized carbons (Fsp3) is 0.538. The molecule has 17 heavy (non-hydrogen) atoms. The third-order valence-electron chi connectivity index (χ3n) is 3.33. The largest absolute Gasteiger partial charge is 0.317 e. The van der Waals surface area contributed by atoms with Gasteiger partial charge in [0.2, 0.25) is 0 Å². The molecule has 0 radical (unpaired) electrons.